The number of benzene rings is 1. The molecule has 0 aliphatic heterocycles. The summed E-state index contributed by atoms with van der Waals surface area (Å²) < 4.78 is 5.73. The Balaban J connectivity index is 2.83. The van der Waals surface area contributed by atoms with Crippen molar-refractivity contribution >= 4 is 0 Å². The summed E-state index contributed by atoms with van der Waals surface area (Å²) in [6.07, 6.45) is 0.902. The number of ether oxygens (including phenoxy) is 1. The Labute approximate surface area is 98.8 Å². The van der Waals surface area contributed by atoms with Gasteiger partial charge in [-0.2, -0.15) is 0 Å². The third-order valence-electron chi connectivity index (χ3n) is 2.66. The number of aryl methyl sites for hydroxylation is 1. The molecule has 0 saturated carbocycles. The number of nitrogens with two attached hydrogens (primary N) is 1. The Morgan fingerprint density at radius 1 is 1.25 bits per heavy atom. The molecule has 1 aromatic rings. The SMILES string of the molecule is Cc1ccc(C(C)(C)C)cc1OCCCN. The van der Waals surface area contributed by atoms with Crippen LogP contribution in [0.25, 0.3) is 0 Å². The average molecular weight is 221 g/mol. The summed E-state index contributed by atoms with van der Waals surface area (Å²) >= 11 is 0. The normalized spacial score (nSPS) is 11.6. The first-order valence-electron chi connectivity index (χ1n) is 5.89. The second kappa shape index (κ2) is 5.35. The van der Waals surface area contributed by atoms with Crippen molar-refractivity contribution in [2.45, 2.75) is 39.5 Å². The maximum Gasteiger partial charge on any atom is 0.122 e. The largest absolute Gasteiger partial charge is 0.493 e. The van der Waals surface area contributed by atoms with Crippen LogP contribution in [0, 0.1) is 6.92 Å². The smallest absolute Gasteiger partial charge is 0.122 e. The quantitative estimate of drug-likeness (QED) is 0.793. The maximum atomic E-state index is 5.73. The molecule has 2 N–H and O–H groups in total. The summed E-state index contributed by atoms with van der Waals surface area (Å²) in [5, 5.41) is 0. The molecule has 0 aromatic heterocycles. The highest BCUT2D eigenvalue weighted by Gasteiger charge is 2.14. The fourth-order valence-electron chi connectivity index (χ4n) is 1.49. The van der Waals surface area contributed by atoms with Crippen LogP contribution in [-0.2, 0) is 5.41 Å². The zero-order valence-corrected chi connectivity index (χ0v) is 10.8. The number of hydrogen-bond acceptors (Lipinski definition) is 2. The van der Waals surface area contributed by atoms with Crippen molar-refractivity contribution in [1.29, 1.82) is 0 Å². The second-order valence-electron chi connectivity index (χ2n) is 5.22. The van der Waals surface area contributed by atoms with Gasteiger partial charge in [0.25, 0.3) is 0 Å². The van der Waals surface area contributed by atoms with Gasteiger partial charge >= 0.3 is 0 Å². The first-order chi connectivity index (χ1) is 7.45. The predicted molar refractivity (Wildman–Crippen MR) is 69.0 cm³/mol. The first kappa shape index (κ1) is 13.0. The van der Waals surface area contributed by atoms with Gasteiger partial charge in [-0.15, -0.1) is 0 Å². The van der Waals surface area contributed by atoms with E-state index in [4.69, 9.17) is 10.5 Å². The van der Waals surface area contributed by atoms with Crippen LogP contribution >= 0.6 is 0 Å². The Kier molecular flexibility index (Phi) is 4.36. The van der Waals surface area contributed by atoms with Crippen LogP contribution in [0.3, 0.4) is 0 Å². The fourth-order valence-corrected chi connectivity index (χ4v) is 1.49. The Morgan fingerprint density at radius 2 is 1.94 bits per heavy atom. The van der Waals surface area contributed by atoms with E-state index < -0.39 is 0 Å². The van der Waals surface area contributed by atoms with E-state index in [1.807, 2.05) is 0 Å². The van der Waals surface area contributed by atoms with Gasteiger partial charge in [-0.3, -0.25) is 0 Å². The lowest BCUT2D eigenvalue weighted by atomic mass is 9.86. The van der Waals surface area contributed by atoms with Gasteiger partial charge in [-0.25, -0.2) is 0 Å². The van der Waals surface area contributed by atoms with Gasteiger partial charge in [-0.05, 0) is 42.5 Å². The molecule has 0 unspecified atom stereocenters. The summed E-state index contributed by atoms with van der Waals surface area (Å²) in [5.41, 5.74) is 8.11. The molecule has 0 fully saturated rings. The predicted octanol–water partition coefficient (Wildman–Crippen LogP) is 3.02. The Morgan fingerprint density at radius 3 is 2.50 bits per heavy atom. The molecule has 90 valence electrons. The summed E-state index contributed by atoms with van der Waals surface area (Å²) in [6.45, 7) is 10.1. The summed E-state index contributed by atoms with van der Waals surface area (Å²) in [4.78, 5) is 0. The van der Waals surface area contributed by atoms with E-state index in [2.05, 4.69) is 45.9 Å². The van der Waals surface area contributed by atoms with Crippen molar-refractivity contribution in [3.8, 4) is 5.75 Å². The monoisotopic (exact) mass is 221 g/mol. The van der Waals surface area contributed by atoms with E-state index in [0.717, 1.165) is 12.2 Å². The maximum absolute atomic E-state index is 5.73. The van der Waals surface area contributed by atoms with E-state index in [0.29, 0.717) is 13.2 Å². The van der Waals surface area contributed by atoms with E-state index in [-0.39, 0.29) is 5.41 Å². The molecule has 1 rings (SSSR count). The van der Waals surface area contributed by atoms with Crippen LogP contribution in [0.5, 0.6) is 5.75 Å². The van der Waals surface area contributed by atoms with Gasteiger partial charge < -0.3 is 10.5 Å². The van der Waals surface area contributed by atoms with Crippen molar-refractivity contribution in [1.82, 2.24) is 0 Å². The molecule has 16 heavy (non-hydrogen) atoms. The van der Waals surface area contributed by atoms with E-state index in [9.17, 15) is 0 Å². The van der Waals surface area contributed by atoms with Gasteiger partial charge in [0.15, 0.2) is 0 Å². The van der Waals surface area contributed by atoms with Crippen LogP contribution in [0.2, 0.25) is 0 Å². The molecule has 0 bridgehead atoms. The molecule has 0 aliphatic carbocycles. The van der Waals surface area contributed by atoms with Crippen LogP contribution < -0.4 is 10.5 Å². The molecule has 0 spiro atoms. The van der Waals surface area contributed by atoms with Crippen LogP contribution in [0.15, 0.2) is 18.2 Å². The lowest BCUT2D eigenvalue weighted by Gasteiger charge is -2.20. The Hall–Kier alpha value is -1.02. The molecule has 0 saturated heterocycles. The van der Waals surface area contributed by atoms with E-state index >= 15 is 0 Å². The summed E-state index contributed by atoms with van der Waals surface area (Å²) in [5.74, 6) is 0.987. The first-order valence-corrected chi connectivity index (χ1v) is 5.89. The molecule has 0 aliphatic rings. The van der Waals surface area contributed by atoms with Crippen molar-refractivity contribution < 1.29 is 4.74 Å². The average Bonchev–Trinajstić information content (AvgIpc) is 2.19. The van der Waals surface area contributed by atoms with Crippen LogP contribution in [0.4, 0.5) is 0 Å². The van der Waals surface area contributed by atoms with Crippen molar-refractivity contribution in [2.24, 2.45) is 5.73 Å². The van der Waals surface area contributed by atoms with Gasteiger partial charge in [0.2, 0.25) is 0 Å². The minimum atomic E-state index is 0.166. The molecule has 0 heterocycles. The zero-order chi connectivity index (χ0) is 12.2. The topological polar surface area (TPSA) is 35.2 Å². The highest BCUT2D eigenvalue weighted by Crippen LogP contribution is 2.28. The van der Waals surface area contributed by atoms with Crippen molar-refractivity contribution in [3.05, 3.63) is 29.3 Å². The minimum absolute atomic E-state index is 0.166. The molecule has 0 atom stereocenters. The zero-order valence-electron chi connectivity index (χ0n) is 10.8. The molecule has 0 amide bonds. The van der Waals surface area contributed by atoms with Crippen LogP contribution in [-0.4, -0.2) is 13.2 Å². The molecule has 2 heteroatoms. The number of hydrogen-bond donors (Lipinski definition) is 1. The molecular formula is C14H23NO. The molecule has 2 nitrogen and oxygen atoms in total. The van der Waals surface area contributed by atoms with Crippen molar-refractivity contribution in [3.63, 3.8) is 0 Å². The minimum Gasteiger partial charge on any atom is -0.493 e. The summed E-state index contributed by atoms with van der Waals surface area (Å²) in [7, 11) is 0. The van der Waals surface area contributed by atoms with E-state index in [1.165, 1.54) is 11.1 Å². The lowest BCUT2D eigenvalue weighted by Crippen LogP contribution is -2.12. The van der Waals surface area contributed by atoms with Gasteiger partial charge in [0.1, 0.15) is 5.75 Å². The molecular weight excluding hydrogens is 198 g/mol. The highest BCUT2D eigenvalue weighted by atomic mass is 16.5. The van der Waals surface area contributed by atoms with Crippen LogP contribution in [0.1, 0.15) is 38.3 Å². The number of rotatable bonds is 4. The third kappa shape index (κ3) is 3.53. The molecule has 0 radical (unpaired) electrons. The van der Waals surface area contributed by atoms with Gasteiger partial charge in [0, 0.05) is 0 Å². The molecule has 1 aromatic carbocycles. The Bertz CT molecular complexity index is 339. The third-order valence-corrected chi connectivity index (χ3v) is 2.66. The summed E-state index contributed by atoms with van der Waals surface area (Å²) in [6, 6.07) is 6.44. The van der Waals surface area contributed by atoms with Crippen molar-refractivity contribution in [2.75, 3.05) is 13.2 Å². The van der Waals surface area contributed by atoms with Gasteiger partial charge in [0.05, 0.1) is 6.61 Å². The lowest BCUT2D eigenvalue weighted by molar-refractivity contribution is 0.310. The second-order valence-corrected chi connectivity index (χ2v) is 5.22. The highest BCUT2D eigenvalue weighted by molar-refractivity contribution is 5.39. The standard InChI is InChI=1S/C14H23NO/c1-11-6-7-12(14(2,3)4)10-13(11)16-9-5-8-15/h6-7,10H,5,8-9,15H2,1-4H3. The van der Waals surface area contributed by atoms with E-state index in [1.54, 1.807) is 0 Å². The fraction of sp³-hybridized carbons (Fsp3) is 0.571. The van der Waals surface area contributed by atoms with Gasteiger partial charge in [-0.1, -0.05) is 32.9 Å².